The minimum Gasteiger partial charge on any atom is -0.488 e. The van der Waals surface area contributed by atoms with Crippen LogP contribution in [0.1, 0.15) is 11.1 Å². The number of para-hydroxylation sites is 1. The quantitative estimate of drug-likeness (QED) is 0.660. The lowest BCUT2D eigenvalue weighted by molar-refractivity contribution is -0.387. The van der Waals surface area contributed by atoms with E-state index in [1.807, 2.05) is 24.3 Å². The van der Waals surface area contributed by atoms with Crippen LogP contribution < -0.4 is 9.46 Å². The highest BCUT2D eigenvalue weighted by molar-refractivity contribution is 7.89. The van der Waals surface area contributed by atoms with Gasteiger partial charge in [0.1, 0.15) is 11.9 Å². The van der Waals surface area contributed by atoms with E-state index in [1.165, 1.54) is 25.1 Å². The van der Waals surface area contributed by atoms with E-state index in [-0.39, 0.29) is 17.5 Å². The van der Waals surface area contributed by atoms with Gasteiger partial charge in [-0.25, -0.2) is 13.1 Å². The topological polar surface area (TPSA) is 98.5 Å². The van der Waals surface area contributed by atoms with Crippen molar-refractivity contribution in [3.8, 4) is 5.75 Å². The Hall–Kier alpha value is -2.45. The molecule has 0 bridgehead atoms. The molecule has 3 rings (SSSR count). The summed E-state index contributed by atoms with van der Waals surface area (Å²) in [5.74, 6) is 0.739. The lowest BCUT2D eigenvalue weighted by Gasteiger charge is -2.13. The minimum atomic E-state index is -4.01. The number of nitrogens with one attached hydrogen (secondary N) is 1. The molecule has 1 atom stereocenters. The summed E-state index contributed by atoms with van der Waals surface area (Å²) in [7, 11) is -4.01. The van der Waals surface area contributed by atoms with E-state index in [0.717, 1.165) is 11.3 Å². The lowest BCUT2D eigenvalue weighted by atomic mass is 10.1. The van der Waals surface area contributed by atoms with Crippen molar-refractivity contribution in [2.24, 2.45) is 0 Å². The molecule has 7 nitrogen and oxygen atoms in total. The van der Waals surface area contributed by atoms with Gasteiger partial charge in [-0.3, -0.25) is 10.1 Å². The molecule has 126 valence electrons. The number of benzene rings is 2. The van der Waals surface area contributed by atoms with Crippen LogP contribution in [0.3, 0.4) is 0 Å². The van der Waals surface area contributed by atoms with Crippen molar-refractivity contribution in [1.82, 2.24) is 4.72 Å². The van der Waals surface area contributed by atoms with Crippen LogP contribution in [0.2, 0.25) is 0 Å². The molecule has 0 saturated carbocycles. The Bertz CT molecular complexity index is 870. The molecule has 1 aliphatic heterocycles. The third kappa shape index (κ3) is 3.10. The SMILES string of the molecule is Cc1cccc([N+](=O)[O-])c1S(=O)(=O)NCC1Cc2ccccc2O1. The Morgan fingerprint density at radius 3 is 2.71 bits per heavy atom. The van der Waals surface area contributed by atoms with Crippen LogP contribution >= 0.6 is 0 Å². The largest absolute Gasteiger partial charge is 0.488 e. The van der Waals surface area contributed by atoms with Crippen LogP contribution in [0.25, 0.3) is 0 Å². The van der Waals surface area contributed by atoms with Gasteiger partial charge in [-0.1, -0.05) is 30.3 Å². The van der Waals surface area contributed by atoms with Crippen molar-refractivity contribution < 1.29 is 18.1 Å². The molecule has 1 heterocycles. The highest BCUT2D eigenvalue weighted by atomic mass is 32.2. The average molecular weight is 348 g/mol. The number of aryl methyl sites for hydroxylation is 1. The van der Waals surface area contributed by atoms with Crippen LogP contribution in [-0.4, -0.2) is 26.0 Å². The maximum atomic E-state index is 12.5. The molecule has 24 heavy (non-hydrogen) atoms. The predicted octanol–water partition coefficient (Wildman–Crippen LogP) is 2.19. The van der Waals surface area contributed by atoms with E-state index in [2.05, 4.69) is 4.72 Å². The number of sulfonamides is 1. The second-order valence-corrected chi connectivity index (χ2v) is 7.29. The molecule has 8 heteroatoms. The number of ether oxygens (including phenoxy) is 1. The molecule has 1 unspecified atom stereocenters. The second kappa shape index (κ2) is 6.21. The standard InChI is InChI=1S/C16H16N2O5S/c1-11-5-4-7-14(18(19)20)16(11)24(21,22)17-10-13-9-12-6-2-3-8-15(12)23-13/h2-8,13,17H,9-10H2,1H3. The molecular formula is C16H16N2O5S. The van der Waals surface area contributed by atoms with Gasteiger partial charge in [-0.15, -0.1) is 0 Å². The minimum absolute atomic E-state index is 0.0441. The molecule has 1 N–H and O–H groups in total. The van der Waals surface area contributed by atoms with Crippen molar-refractivity contribution in [3.63, 3.8) is 0 Å². The van der Waals surface area contributed by atoms with Gasteiger partial charge in [-0.2, -0.15) is 0 Å². The normalized spacial score (nSPS) is 16.5. The Labute approximate surface area is 139 Å². The molecule has 0 saturated heterocycles. The fourth-order valence-corrected chi connectivity index (χ4v) is 4.23. The molecular weight excluding hydrogens is 332 g/mol. The van der Waals surface area contributed by atoms with Gasteiger partial charge in [0.25, 0.3) is 5.69 Å². The van der Waals surface area contributed by atoms with Gasteiger partial charge >= 0.3 is 0 Å². The Kier molecular flexibility index (Phi) is 4.25. The van der Waals surface area contributed by atoms with E-state index in [9.17, 15) is 18.5 Å². The second-order valence-electron chi connectivity index (χ2n) is 5.58. The summed E-state index contributed by atoms with van der Waals surface area (Å²) in [6, 6.07) is 11.7. The zero-order valence-electron chi connectivity index (χ0n) is 12.9. The molecule has 0 aliphatic carbocycles. The lowest BCUT2D eigenvalue weighted by Crippen LogP contribution is -2.35. The zero-order valence-corrected chi connectivity index (χ0v) is 13.7. The predicted molar refractivity (Wildman–Crippen MR) is 87.6 cm³/mol. The molecule has 0 fully saturated rings. The van der Waals surface area contributed by atoms with E-state index in [4.69, 9.17) is 4.74 Å². The van der Waals surface area contributed by atoms with Crippen LogP contribution in [0.5, 0.6) is 5.75 Å². The molecule has 2 aromatic rings. The molecule has 2 aromatic carbocycles. The van der Waals surface area contributed by atoms with Crippen LogP contribution in [0, 0.1) is 17.0 Å². The van der Waals surface area contributed by atoms with Gasteiger partial charge < -0.3 is 4.74 Å². The molecule has 0 radical (unpaired) electrons. The monoisotopic (exact) mass is 348 g/mol. The fraction of sp³-hybridized carbons (Fsp3) is 0.250. The van der Waals surface area contributed by atoms with Gasteiger partial charge in [0.2, 0.25) is 10.0 Å². The molecule has 1 aliphatic rings. The Balaban J connectivity index is 1.78. The first-order valence-electron chi connectivity index (χ1n) is 7.37. The van der Waals surface area contributed by atoms with Crippen LogP contribution in [-0.2, 0) is 16.4 Å². The molecule has 0 amide bonds. The summed E-state index contributed by atoms with van der Waals surface area (Å²) < 4.78 is 33.2. The van der Waals surface area contributed by atoms with Crippen molar-refractivity contribution in [2.45, 2.75) is 24.3 Å². The third-order valence-corrected chi connectivity index (χ3v) is 5.49. The Morgan fingerprint density at radius 2 is 2.00 bits per heavy atom. The van der Waals surface area contributed by atoms with Gasteiger partial charge in [0.05, 0.1) is 4.92 Å². The van der Waals surface area contributed by atoms with Crippen molar-refractivity contribution in [1.29, 1.82) is 0 Å². The Morgan fingerprint density at radius 1 is 1.25 bits per heavy atom. The number of fused-ring (bicyclic) bond motifs is 1. The average Bonchev–Trinajstić information content (AvgIpc) is 2.95. The zero-order chi connectivity index (χ0) is 17.3. The number of nitro groups is 1. The molecule has 0 spiro atoms. The van der Waals surface area contributed by atoms with E-state index < -0.39 is 20.6 Å². The number of nitrogens with zero attached hydrogens (tertiary/aromatic N) is 1. The van der Waals surface area contributed by atoms with Gasteiger partial charge in [-0.05, 0) is 24.1 Å². The number of hydrogen-bond donors (Lipinski definition) is 1. The van der Waals surface area contributed by atoms with Crippen molar-refractivity contribution in [3.05, 3.63) is 63.7 Å². The highest BCUT2D eigenvalue weighted by Gasteiger charge is 2.30. The first-order chi connectivity index (χ1) is 11.4. The summed E-state index contributed by atoms with van der Waals surface area (Å²) >= 11 is 0. The maximum absolute atomic E-state index is 12.5. The summed E-state index contributed by atoms with van der Waals surface area (Å²) in [5.41, 5.74) is 0.911. The highest BCUT2D eigenvalue weighted by Crippen LogP contribution is 2.29. The van der Waals surface area contributed by atoms with Crippen LogP contribution in [0.15, 0.2) is 47.4 Å². The van der Waals surface area contributed by atoms with E-state index >= 15 is 0 Å². The smallest absolute Gasteiger partial charge is 0.289 e. The summed E-state index contributed by atoms with van der Waals surface area (Å²) in [6.07, 6.45) is 0.259. The third-order valence-electron chi connectivity index (χ3n) is 3.87. The summed E-state index contributed by atoms with van der Waals surface area (Å²) in [4.78, 5) is 10.1. The number of nitro benzene ring substituents is 1. The molecule has 0 aromatic heterocycles. The van der Waals surface area contributed by atoms with E-state index in [0.29, 0.717) is 12.0 Å². The van der Waals surface area contributed by atoms with Crippen molar-refractivity contribution in [2.75, 3.05) is 6.54 Å². The first-order valence-corrected chi connectivity index (χ1v) is 8.85. The van der Waals surface area contributed by atoms with Gasteiger partial charge in [0.15, 0.2) is 4.90 Å². The summed E-state index contributed by atoms with van der Waals surface area (Å²) in [5, 5.41) is 11.1. The summed E-state index contributed by atoms with van der Waals surface area (Å²) in [6.45, 7) is 1.58. The maximum Gasteiger partial charge on any atom is 0.289 e. The van der Waals surface area contributed by atoms with E-state index in [1.54, 1.807) is 0 Å². The number of rotatable bonds is 5. The number of hydrogen-bond acceptors (Lipinski definition) is 5. The van der Waals surface area contributed by atoms with Gasteiger partial charge in [0, 0.05) is 19.0 Å². The van der Waals surface area contributed by atoms with Crippen LogP contribution in [0.4, 0.5) is 5.69 Å². The van der Waals surface area contributed by atoms with Crippen molar-refractivity contribution >= 4 is 15.7 Å². The fourth-order valence-electron chi connectivity index (χ4n) is 2.77. The first kappa shape index (κ1) is 16.4.